The Hall–Kier alpha value is -2.08. The van der Waals surface area contributed by atoms with Crippen molar-refractivity contribution in [3.05, 3.63) is 24.3 Å². The molecule has 1 fully saturated rings. The topological polar surface area (TPSA) is 76.7 Å². The maximum absolute atomic E-state index is 11.9. The van der Waals surface area contributed by atoms with Crippen LogP contribution in [-0.4, -0.2) is 37.7 Å². The quantitative estimate of drug-likeness (QED) is 0.566. The Bertz CT molecular complexity index is 524. The fourth-order valence-corrected chi connectivity index (χ4v) is 2.46. The van der Waals surface area contributed by atoms with E-state index in [1.807, 2.05) is 0 Å². The van der Waals surface area contributed by atoms with Crippen molar-refractivity contribution in [1.29, 1.82) is 0 Å². The van der Waals surface area contributed by atoms with E-state index >= 15 is 0 Å². The molecule has 0 saturated carbocycles. The summed E-state index contributed by atoms with van der Waals surface area (Å²) in [6.07, 6.45) is 5.27. The molecule has 0 unspecified atom stereocenters. The van der Waals surface area contributed by atoms with Gasteiger partial charge in [0.05, 0.1) is 12.7 Å². The van der Waals surface area contributed by atoms with E-state index in [9.17, 15) is 9.59 Å². The average molecular weight is 334 g/mol. The molecule has 1 heterocycles. The zero-order chi connectivity index (χ0) is 17.2. The summed E-state index contributed by atoms with van der Waals surface area (Å²) in [7, 11) is 0. The second kappa shape index (κ2) is 9.93. The lowest BCUT2D eigenvalue weighted by atomic mass is 10.2. The Morgan fingerprint density at radius 3 is 2.67 bits per heavy atom. The van der Waals surface area contributed by atoms with Crippen LogP contribution in [0.2, 0.25) is 0 Å². The molecule has 0 spiro atoms. The van der Waals surface area contributed by atoms with E-state index < -0.39 is 11.8 Å². The minimum absolute atomic E-state index is 0.0193. The molecule has 2 rings (SSSR count). The van der Waals surface area contributed by atoms with E-state index in [0.717, 1.165) is 44.5 Å². The number of ether oxygens (including phenoxy) is 2. The van der Waals surface area contributed by atoms with Gasteiger partial charge in [0.2, 0.25) is 0 Å². The molecule has 0 bridgehead atoms. The van der Waals surface area contributed by atoms with Crippen molar-refractivity contribution in [2.24, 2.45) is 0 Å². The number of anilines is 1. The van der Waals surface area contributed by atoms with Crippen LogP contribution in [0.4, 0.5) is 5.69 Å². The number of rotatable bonds is 8. The first-order chi connectivity index (χ1) is 11.7. The van der Waals surface area contributed by atoms with Crippen LogP contribution in [-0.2, 0) is 14.3 Å². The molecule has 2 N–H and O–H groups in total. The predicted octanol–water partition coefficient (Wildman–Crippen LogP) is 2.49. The minimum Gasteiger partial charge on any atom is -0.494 e. The highest BCUT2D eigenvalue weighted by atomic mass is 16.5. The predicted molar refractivity (Wildman–Crippen MR) is 92.1 cm³/mol. The van der Waals surface area contributed by atoms with Crippen LogP contribution in [0.15, 0.2) is 24.3 Å². The minimum atomic E-state index is -0.676. The fraction of sp³-hybridized carbons (Fsp3) is 0.556. The number of unbranched alkanes of at least 4 members (excludes halogenated alkanes) is 2. The van der Waals surface area contributed by atoms with Crippen LogP contribution >= 0.6 is 0 Å². The lowest BCUT2D eigenvalue weighted by Gasteiger charge is -2.11. The molecule has 1 aromatic rings. The number of nitrogens with one attached hydrogen (secondary N) is 2. The van der Waals surface area contributed by atoms with E-state index in [0.29, 0.717) is 18.8 Å². The highest BCUT2D eigenvalue weighted by Gasteiger charge is 2.19. The van der Waals surface area contributed by atoms with Crippen LogP contribution in [0.1, 0.15) is 39.0 Å². The molecule has 6 heteroatoms. The van der Waals surface area contributed by atoms with E-state index in [4.69, 9.17) is 9.47 Å². The van der Waals surface area contributed by atoms with Gasteiger partial charge < -0.3 is 20.1 Å². The van der Waals surface area contributed by atoms with Crippen molar-refractivity contribution in [1.82, 2.24) is 5.32 Å². The van der Waals surface area contributed by atoms with E-state index in [1.54, 1.807) is 24.3 Å². The van der Waals surface area contributed by atoms with Gasteiger partial charge in [0.15, 0.2) is 0 Å². The van der Waals surface area contributed by atoms with Gasteiger partial charge in [-0.2, -0.15) is 0 Å². The van der Waals surface area contributed by atoms with Gasteiger partial charge in [-0.15, -0.1) is 0 Å². The van der Waals surface area contributed by atoms with Gasteiger partial charge in [-0.05, 0) is 43.5 Å². The van der Waals surface area contributed by atoms with Gasteiger partial charge in [0.25, 0.3) is 0 Å². The van der Waals surface area contributed by atoms with E-state index in [1.165, 1.54) is 0 Å². The zero-order valence-corrected chi connectivity index (χ0v) is 14.2. The Kier molecular flexibility index (Phi) is 7.55. The number of amides is 2. The van der Waals surface area contributed by atoms with Gasteiger partial charge >= 0.3 is 11.8 Å². The van der Waals surface area contributed by atoms with Crippen molar-refractivity contribution in [2.45, 2.75) is 45.1 Å². The average Bonchev–Trinajstić information content (AvgIpc) is 3.11. The van der Waals surface area contributed by atoms with Crippen molar-refractivity contribution in [3.8, 4) is 5.75 Å². The molecule has 132 valence electrons. The molecule has 1 aliphatic rings. The van der Waals surface area contributed by atoms with Crippen LogP contribution in [0.5, 0.6) is 5.75 Å². The van der Waals surface area contributed by atoms with Gasteiger partial charge in [0.1, 0.15) is 5.75 Å². The van der Waals surface area contributed by atoms with Crippen molar-refractivity contribution >= 4 is 17.5 Å². The summed E-state index contributed by atoms with van der Waals surface area (Å²) in [5.74, 6) is -0.568. The Labute approximate surface area is 142 Å². The molecule has 2 amide bonds. The summed E-state index contributed by atoms with van der Waals surface area (Å²) < 4.78 is 11.0. The van der Waals surface area contributed by atoms with Crippen molar-refractivity contribution in [3.63, 3.8) is 0 Å². The van der Waals surface area contributed by atoms with Gasteiger partial charge in [-0.3, -0.25) is 9.59 Å². The fourth-order valence-electron chi connectivity index (χ4n) is 2.46. The van der Waals surface area contributed by atoms with E-state index in [-0.39, 0.29) is 6.10 Å². The standard InChI is InChI=1S/C18H26N2O4/c1-2-3-4-11-23-15-9-7-14(8-10-15)20-18(22)17(21)19-13-16-6-5-12-24-16/h7-10,16H,2-6,11-13H2,1H3,(H,19,21)(H,20,22)/t16-/m0/s1. The van der Waals surface area contributed by atoms with Gasteiger partial charge in [-0.1, -0.05) is 19.8 Å². The second-order valence-corrected chi connectivity index (χ2v) is 5.88. The normalized spacial score (nSPS) is 16.6. The first-order valence-corrected chi connectivity index (χ1v) is 8.62. The largest absolute Gasteiger partial charge is 0.494 e. The van der Waals surface area contributed by atoms with E-state index in [2.05, 4.69) is 17.6 Å². The number of benzene rings is 1. The summed E-state index contributed by atoms with van der Waals surface area (Å²) >= 11 is 0. The molecule has 0 aliphatic carbocycles. The second-order valence-electron chi connectivity index (χ2n) is 5.88. The number of carbonyl (C=O) groups excluding carboxylic acids is 2. The lowest BCUT2D eigenvalue weighted by molar-refractivity contribution is -0.136. The Morgan fingerprint density at radius 2 is 2.00 bits per heavy atom. The molecule has 0 radical (unpaired) electrons. The summed E-state index contributed by atoms with van der Waals surface area (Å²) in [4.78, 5) is 23.6. The number of carbonyl (C=O) groups is 2. The summed E-state index contributed by atoms with van der Waals surface area (Å²) in [5, 5.41) is 5.17. The van der Waals surface area contributed by atoms with Crippen LogP contribution in [0.3, 0.4) is 0 Å². The Morgan fingerprint density at radius 1 is 1.21 bits per heavy atom. The summed E-state index contributed by atoms with van der Waals surface area (Å²) in [5.41, 5.74) is 0.563. The molecule has 1 atom stereocenters. The monoisotopic (exact) mass is 334 g/mol. The van der Waals surface area contributed by atoms with Gasteiger partial charge in [0, 0.05) is 18.8 Å². The maximum atomic E-state index is 11.9. The maximum Gasteiger partial charge on any atom is 0.313 e. The SMILES string of the molecule is CCCCCOc1ccc(NC(=O)C(=O)NC[C@@H]2CCCO2)cc1. The summed E-state index contributed by atoms with van der Waals surface area (Å²) in [6, 6.07) is 7.01. The Balaban J connectivity index is 1.71. The molecule has 0 aromatic heterocycles. The molecule has 1 aliphatic heterocycles. The van der Waals surface area contributed by atoms with Crippen molar-refractivity contribution in [2.75, 3.05) is 25.1 Å². The smallest absolute Gasteiger partial charge is 0.313 e. The van der Waals surface area contributed by atoms with Crippen molar-refractivity contribution < 1.29 is 19.1 Å². The van der Waals surface area contributed by atoms with Crippen LogP contribution in [0, 0.1) is 0 Å². The zero-order valence-electron chi connectivity index (χ0n) is 14.2. The highest BCUT2D eigenvalue weighted by Crippen LogP contribution is 2.16. The summed E-state index contributed by atoms with van der Waals surface area (Å²) in [6.45, 7) is 3.93. The number of hydrogen-bond donors (Lipinski definition) is 2. The van der Waals surface area contributed by atoms with Crippen LogP contribution < -0.4 is 15.4 Å². The first-order valence-electron chi connectivity index (χ1n) is 8.62. The third-order valence-electron chi connectivity index (χ3n) is 3.85. The lowest BCUT2D eigenvalue weighted by Crippen LogP contribution is -2.39. The third-order valence-corrected chi connectivity index (χ3v) is 3.85. The molecular formula is C18H26N2O4. The molecule has 1 saturated heterocycles. The first kappa shape index (κ1) is 18.3. The molecule has 1 aromatic carbocycles. The third kappa shape index (κ3) is 6.20. The molecule has 6 nitrogen and oxygen atoms in total. The molecular weight excluding hydrogens is 308 g/mol. The highest BCUT2D eigenvalue weighted by molar-refractivity contribution is 6.39. The van der Waals surface area contributed by atoms with Crippen LogP contribution in [0.25, 0.3) is 0 Å². The molecule has 24 heavy (non-hydrogen) atoms. The van der Waals surface area contributed by atoms with Gasteiger partial charge in [-0.25, -0.2) is 0 Å². The number of hydrogen-bond acceptors (Lipinski definition) is 4.